The molecule has 0 spiro atoms. The molecular formula is C21H22N2O4S. The van der Waals surface area contributed by atoms with E-state index in [9.17, 15) is 9.59 Å². The molecule has 0 unspecified atom stereocenters. The normalized spacial score (nSPS) is 10.2. The summed E-state index contributed by atoms with van der Waals surface area (Å²) in [7, 11) is 0. The van der Waals surface area contributed by atoms with Gasteiger partial charge in [0.15, 0.2) is 13.2 Å². The number of nitriles is 1. The number of carbonyl (C=O) groups excluding carboxylic acids is 2. The molecule has 0 aliphatic carbocycles. The Labute approximate surface area is 168 Å². The molecule has 0 bridgehead atoms. The minimum Gasteiger partial charge on any atom is -0.482 e. The van der Waals surface area contributed by atoms with Gasteiger partial charge < -0.3 is 14.8 Å². The summed E-state index contributed by atoms with van der Waals surface area (Å²) in [6.07, 6.45) is 0. The SMILES string of the molecule is Cc1cc(SC#N)ccc1NC(=O)COC(=O)COc1ccc(C(C)C)cc1. The van der Waals surface area contributed by atoms with E-state index in [1.54, 1.807) is 30.3 Å². The highest BCUT2D eigenvalue weighted by molar-refractivity contribution is 8.03. The molecule has 1 amide bonds. The Bertz CT molecular complexity index is 873. The second kappa shape index (κ2) is 10.4. The molecule has 0 heterocycles. The van der Waals surface area contributed by atoms with E-state index in [0.29, 0.717) is 17.4 Å². The van der Waals surface area contributed by atoms with E-state index in [-0.39, 0.29) is 6.61 Å². The molecule has 146 valence electrons. The Morgan fingerprint density at radius 3 is 2.46 bits per heavy atom. The van der Waals surface area contributed by atoms with Crippen LogP contribution in [0.3, 0.4) is 0 Å². The number of anilines is 1. The van der Waals surface area contributed by atoms with Gasteiger partial charge in [-0.1, -0.05) is 26.0 Å². The first-order valence-corrected chi connectivity index (χ1v) is 9.55. The maximum atomic E-state index is 12.0. The Kier molecular flexibility index (Phi) is 7.90. The summed E-state index contributed by atoms with van der Waals surface area (Å²) >= 11 is 1.05. The number of aryl methyl sites for hydroxylation is 1. The van der Waals surface area contributed by atoms with E-state index in [4.69, 9.17) is 14.7 Å². The van der Waals surface area contributed by atoms with Crippen molar-refractivity contribution in [3.8, 4) is 11.2 Å². The van der Waals surface area contributed by atoms with Gasteiger partial charge >= 0.3 is 5.97 Å². The third-order valence-corrected chi connectivity index (χ3v) is 4.48. The molecule has 0 aliphatic heterocycles. The molecule has 0 saturated carbocycles. The van der Waals surface area contributed by atoms with Crippen LogP contribution >= 0.6 is 11.8 Å². The number of benzene rings is 2. The molecule has 2 aromatic carbocycles. The number of amides is 1. The van der Waals surface area contributed by atoms with Crippen molar-refractivity contribution in [1.82, 2.24) is 0 Å². The third-order valence-electron chi connectivity index (χ3n) is 3.90. The van der Waals surface area contributed by atoms with Crippen molar-refractivity contribution in [3.05, 3.63) is 53.6 Å². The second-order valence-electron chi connectivity index (χ2n) is 6.39. The van der Waals surface area contributed by atoms with Crippen molar-refractivity contribution in [3.63, 3.8) is 0 Å². The summed E-state index contributed by atoms with van der Waals surface area (Å²) < 4.78 is 10.3. The predicted octanol–water partition coefficient (Wildman–Crippen LogP) is 4.25. The minimum absolute atomic E-state index is 0.270. The number of ether oxygens (including phenoxy) is 2. The Balaban J connectivity index is 1.76. The smallest absolute Gasteiger partial charge is 0.344 e. The van der Waals surface area contributed by atoms with Gasteiger partial charge in [0.05, 0.1) is 0 Å². The van der Waals surface area contributed by atoms with E-state index in [0.717, 1.165) is 22.2 Å². The zero-order chi connectivity index (χ0) is 20.5. The van der Waals surface area contributed by atoms with Crippen molar-refractivity contribution in [2.75, 3.05) is 18.5 Å². The zero-order valence-electron chi connectivity index (χ0n) is 16.0. The number of nitrogens with zero attached hydrogens (tertiary/aromatic N) is 1. The first kappa shape index (κ1) is 21.3. The fourth-order valence-corrected chi connectivity index (χ4v) is 2.84. The monoisotopic (exact) mass is 398 g/mol. The number of hydrogen-bond donors (Lipinski definition) is 1. The average molecular weight is 398 g/mol. The van der Waals surface area contributed by atoms with Crippen LogP contribution in [0, 0.1) is 17.6 Å². The molecule has 0 atom stereocenters. The molecule has 7 heteroatoms. The van der Waals surface area contributed by atoms with Gasteiger partial charge in [0.25, 0.3) is 5.91 Å². The van der Waals surface area contributed by atoms with Crippen LogP contribution in [0.1, 0.15) is 30.9 Å². The summed E-state index contributed by atoms with van der Waals surface area (Å²) in [6.45, 7) is 5.34. The summed E-state index contributed by atoms with van der Waals surface area (Å²) in [4.78, 5) is 24.5. The van der Waals surface area contributed by atoms with E-state index < -0.39 is 18.5 Å². The standard InChI is InChI=1S/C21H22N2O4S/c1-14(2)16-4-6-17(7-5-16)26-12-21(25)27-11-20(24)23-19-9-8-18(28-13-22)10-15(19)3/h4-10,14H,11-12H2,1-3H3,(H,23,24). The van der Waals surface area contributed by atoms with Crippen LogP contribution < -0.4 is 10.1 Å². The number of thiocyanates is 1. The van der Waals surface area contributed by atoms with Crippen molar-refractivity contribution in [2.45, 2.75) is 31.6 Å². The summed E-state index contributed by atoms with van der Waals surface area (Å²) in [5.41, 5.74) is 2.60. The largest absolute Gasteiger partial charge is 0.482 e. The number of rotatable bonds is 8. The lowest BCUT2D eigenvalue weighted by molar-refractivity contribution is -0.149. The van der Waals surface area contributed by atoms with E-state index in [1.165, 1.54) is 5.56 Å². The highest BCUT2D eigenvalue weighted by Gasteiger charge is 2.10. The van der Waals surface area contributed by atoms with Crippen molar-refractivity contribution in [2.24, 2.45) is 0 Å². The van der Waals surface area contributed by atoms with Crippen LogP contribution in [-0.2, 0) is 14.3 Å². The fourth-order valence-electron chi connectivity index (χ4n) is 2.36. The van der Waals surface area contributed by atoms with Crippen LogP contribution in [-0.4, -0.2) is 25.1 Å². The van der Waals surface area contributed by atoms with Gasteiger partial charge in [-0.25, -0.2) is 4.79 Å². The van der Waals surface area contributed by atoms with E-state index in [2.05, 4.69) is 19.2 Å². The number of esters is 1. The fraction of sp³-hybridized carbons (Fsp3) is 0.286. The van der Waals surface area contributed by atoms with E-state index in [1.807, 2.05) is 24.5 Å². The quantitative estimate of drug-likeness (QED) is 0.406. The van der Waals surface area contributed by atoms with E-state index >= 15 is 0 Å². The Morgan fingerprint density at radius 2 is 1.86 bits per heavy atom. The average Bonchev–Trinajstić information content (AvgIpc) is 2.67. The lowest BCUT2D eigenvalue weighted by Gasteiger charge is -2.10. The van der Waals surface area contributed by atoms with Gasteiger partial charge in [-0.2, -0.15) is 5.26 Å². The lowest BCUT2D eigenvalue weighted by atomic mass is 10.0. The van der Waals surface area contributed by atoms with Gasteiger partial charge in [-0.15, -0.1) is 0 Å². The maximum absolute atomic E-state index is 12.0. The number of nitrogens with one attached hydrogen (secondary N) is 1. The van der Waals surface area contributed by atoms with Gasteiger partial charge in [0, 0.05) is 10.6 Å². The van der Waals surface area contributed by atoms with Gasteiger partial charge in [0.2, 0.25) is 0 Å². The molecule has 0 aromatic heterocycles. The zero-order valence-corrected chi connectivity index (χ0v) is 16.8. The Hall–Kier alpha value is -2.98. The summed E-state index contributed by atoms with van der Waals surface area (Å²) in [5, 5.41) is 13.4. The highest BCUT2D eigenvalue weighted by atomic mass is 32.2. The van der Waals surface area contributed by atoms with Crippen LogP contribution in [0.5, 0.6) is 5.75 Å². The lowest BCUT2D eigenvalue weighted by Crippen LogP contribution is -2.24. The van der Waals surface area contributed by atoms with Gasteiger partial charge in [0.1, 0.15) is 11.2 Å². The number of carbonyl (C=O) groups is 2. The molecule has 2 rings (SSSR count). The molecule has 1 N–H and O–H groups in total. The highest BCUT2D eigenvalue weighted by Crippen LogP contribution is 2.23. The van der Waals surface area contributed by atoms with Crippen molar-refractivity contribution < 1.29 is 19.1 Å². The predicted molar refractivity (Wildman–Crippen MR) is 108 cm³/mol. The molecule has 6 nitrogen and oxygen atoms in total. The summed E-state index contributed by atoms with van der Waals surface area (Å²) in [6, 6.07) is 12.7. The molecule has 0 radical (unpaired) electrons. The molecule has 2 aromatic rings. The minimum atomic E-state index is -0.624. The molecule has 0 saturated heterocycles. The third kappa shape index (κ3) is 6.63. The first-order chi connectivity index (χ1) is 13.4. The van der Waals surface area contributed by atoms with Crippen molar-refractivity contribution in [1.29, 1.82) is 5.26 Å². The van der Waals surface area contributed by atoms with Crippen LogP contribution in [0.4, 0.5) is 5.69 Å². The topological polar surface area (TPSA) is 88.4 Å². The molecular weight excluding hydrogens is 376 g/mol. The van der Waals surface area contributed by atoms with Crippen molar-refractivity contribution >= 4 is 29.3 Å². The first-order valence-electron chi connectivity index (χ1n) is 8.74. The second-order valence-corrected chi connectivity index (χ2v) is 7.25. The van der Waals surface area contributed by atoms with Crippen LogP contribution in [0.2, 0.25) is 0 Å². The molecule has 0 fully saturated rings. The van der Waals surface area contributed by atoms with Crippen LogP contribution in [0.15, 0.2) is 47.4 Å². The number of hydrogen-bond acceptors (Lipinski definition) is 6. The molecule has 0 aliphatic rings. The molecule has 28 heavy (non-hydrogen) atoms. The Morgan fingerprint density at radius 1 is 1.14 bits per heavy atom. The summed E-state index contributed by atoms with van der Waals surface area (Å²) in [5.74, 6) is -0.0850. The number of thioether (sulfide) groups is 1. The maximum Gasteiger partial charge on any atom is 0.344 e. The van der Waals surface area contributed by atoms with Gasteiger partial charge in [-0.05, 0) is 66.1 Å². The van der Waals surface area contributed by atoms with Crippen LogP contribution in [0.25, 0.3) is 0 Å². The van der Waals surface area contributed by atoms with Gasteiger partial charge in [-0.3, -0.25) is 4.79 Å².